The van der Waals surface area contributed by atoms with E-state index in [0.29, 0.717) is 18.8 Å². The molecule has 28 heavy (non-hydrogen) atoms. The van der Waals surface area contributed by atoms with Gasteiger partial charge in [0.15, 0.2) is 5.96 Å². The van der Waals surface area contributed by atoms with Gasteiger partial charge in [-0.3, -0.25) is 14.6 Å². The van der Waals surface area contributed by atoms with Gasteiger partial charge in [0.25, 0.3) is 5.91 Å². The van der Waals surface area contributed by atoms with Gasteiger partial charge in [0, 0.05) is 51.4 Å². The topological polar surface area (TPSA) is 123 Å². The van der Waals surface area contributed by atoms with E-state index in [0.717, 1.165) is 44.6 Å². The van der Waals surface area contributed by atoms with Crippen molar-refractivity contribution in [1.82, 2.24) is 15.5 Å². The maximum absolute atomic E-state index is 14.6. The van der Waals surface area contributed by atoms with Crippen LogP contribution in [0.2, 0.25) is 0 Å². The van der Waals surface area contributed by atoms with Crippen molar-refractivity contribution in [2.75, 3.05) is 50.7 Å². The second-order valence-corrected chi connectivity index (χ2v) is 6.78. The molecule has 0 unspecified atom stereocenters. The smallest absolute Gasteiger partial charge is 0.322 e. The summed E-state index contributed by atoms with van der Waals surface area (Å²) in [4.78, 5) is 31.4. The minimum absolute atomic E-state index is 0.123. The monoisotopic (exact) mass is 392 g/mol. The number of rotatable bonds is 5. The van der Waals surface area contributed by atoms with Crippen molar-refractivity contribution in [2.24, 2.45) is 10.7 Å². The maximum atomic E-state index is 14.6. The molecule has 0 aromatic heterocycles. The van der Waals surface area contributed by atoms with Crippen LogP contribution >= 0.6 is 0 Å². The van der Waals surface area contributed by atoms with Crippen LogP contribution in [-0.2, 0) is 4.79 Å². The SMILES string of the molecule is N[C@@H](CNC(=O)c1ccc(N2CCN(C3=NCCCN3)CC2)c(F)c1)C(=O)O. The minimum atomic E-state index is -1.21. The molecule has 9 nitrogen and oxygen atoms in total. The Hall–Kier alpha value is -2.88. The summed E-state index contributed by atoms with van der Waals surface area (Å²) in [7, 11) is 0. The van der Waals surface area contributed by atoms with Gasteiger partial charge in [0.1, 0.15) is 11.9 Å². The number of piperazine rings is 1. The van der Waals surface area contributed by atoms with Crippen LogP contribution in [0, 0.1) is 5.82 Å². The second kappa shape index (κ2) is 8.87. The molecular formula is C18H25FN6O3. The first kappa shape index (κ1) is 19.9. The van der Waals surface area contributed by atoms with E-state index in [4.69, 9.17) is 10.8 Å². The number of aliphatic imine (C=N–C) groups is 1. The quantitative estimate of drug-likeness (QED) is 0.530. The predicted molar refractivity (Wildman–Crippen MR) is 103 cm³/mol. The molecule has 2 aliphatic rings. The van der Waals surface area contributed by atoms with Gasteiger partial charge in [-0.2, -0.15) is 0 Å². The number of hydrogen-bond donors (Lipinski definition) is 4. The number of carbonyl (C=O) groups is 2. The van der Waals surface area contributed by atoms with Gasteiger partial charge >= 0.3 is 5.97 Å². The Balaban J connectivity index is 1.58. The molecule has 152 valence electrons. The first-order chi connectivity index (χ1) is 13.5. The van der Waals surface area contributed by atoms with Crippen molar-refractivity contribution >= 4 is 23.5 Å². The Morgan fingerprint density at radius 3 is 2.61 bits per heavy atom. The number of amides is 1. The Morgan fingerprint density at radius 1 is 1.29 bits per heavy atom. The largest absolute Gasteiger partial charge is 0.480 e. The summed E-state index contributed by atoms with van der Waals surface area (Å²) >= 11 is 0. The van der Waals surface area contributed by atoms with Crippen LogP contribution in [0.25, 0.3) is 0 Å². The molecule has 5 N–H and O–H groups in total. The fourth-order valence-corrected chi connectivity index (χ4v) is 3.19. The first-order valence-corrected chi connectivity index (χ1v) is 9.30. The third-order valence-electron chi connectivity index (χ3n) is 4.81. The van der Waals surface area contributed by atoms with Crippen LogP contribution in [0.15, 0.2) is 23.2 Å². The lowest BCUT2D eigenvalue weighted by molar-refractivity contribution is -0.138. The van der Waals surface area contributed by atoms with E-state index in [1.165, 1.54) is 6.07 Å². The molecule has 0 saturated carbocycles. The highest BCUT2D eigenvalue weighted by molar-refractivity contribution is 5.95. The highest BCUT2D eigenvalue weighted by Crippen LogP contribution is 2.22. The van der Waals surface area contributed by atoms with E-state index in [-0.39, 0.29) is 12.1 Å². The van der Waals surface area contributed by atoms with Crippen LogP contribution in [0.4, 0.5) is 10.1 Å². The molecule has 2 aliphatic heterocycles. The number of anilines is 1. The average Bonchev–Trinajstić information content (AvgIpc) is 2.72. The zero-order chi connectivity index (χ0) is 20.1. The number of nitrogens with two attached hydrogens (primary N) is 1. The summed E-state index contributed by atoms with van der Waals surface area (Å²) in [5, 5.41) is 14.4. The molecule has 2 heterocycles. The number of benzene rings is 1. The number of carbonyl (C=O) groups excluding carboxylic acids is 1. The van der Waals surface area contributed by atoms with Crippen molar-refractivity contribution in [3.63, 3.8) is 0 Å². The van der Waals surface area contributed by atoms with E-state index in [2.05, 4.69) is 20.5 Å². The number of carboxylic acid groups (broad SMARTS) is 1. The zero-order valence-electron chi connectivity index (χ0n) is 15.5. The summed E-state index contributed by atoms with van der Waals surface area (Å²) in [5.41, 5.74) is 5.91. The molecule has 10 heteroatoms. The van der Waals surface area contributed by atoms with E-state index in [1.54, 1.807) is 6.07 Å². The molecule has 1 amide bonds. The van der Waals surface area contributed by atoms with Gasteiger partial charge in [0.05, 0.1) is 5.69 Å². The van der Waals surface area contributed by atoms with Crippen LogP contribution in [0.5, 0.6) is 0 Å². The van der Waals surface area contributed by atoms with Gasteiger partial charge in [-0.05, 0) is 24.6 Å². The number of guanidine groups is 1. The van der Waals surface area contributed by atoms with Crippen molar-refractivity contribution < 1.29 is 19.1 Å². The van der Waals surface area contributed by atoms with Gasteiger partial charge in [0.2, 0.25) is 0 Å². The molecule has 1 saturated heterocycles. The normalized spacial score (nSPS) is 18.1. The molecular weight excluding hydrogens is 367 g/mol. The van der Waals surface area contributed by atoms with E-state index in [9.17, 15) is 14.0 Å². The lowest BCUT2D eigenvalue weighted by Gasteiger charge is -2.38. The van der Waals surface area contributed by atoms with Crippen LogP contribution in [0.1, 0.15) is 16.8 Å². The molecule has 1 fully saturated rings. The highest BCUT2D eigenvalue weighted by atomic mass is 19.1. The van der Waals surface area contributed by atoms with E-state index >= 15 is 0 Å². The van der Waals surface area contributed by atoms with Gasteiger partial charge in [-0.1, -0.05) is 0 Å². The summed E-state index contributed by atoms with van der Waals surface area (Å²) in [6.07, 6.45) is 1.04. The number of aliphatic carboxylic acids is 1. The Bertz CT molecular complexity index is 764. The molecule has 1 aromatic rings. The minimum Gasteiger partial charge on any atom is -0.480 e. The third kappa shape index (κ3) is 4.69. The van der Waals surface area contributed by atoms with Gasteiger partial charge in [-0.25, -0.2) is 4.39 Å². The van der Waals surface area contributed by atoms with E-state index < -0.39 is 23.7 Å². The molecule has 1 atom stereocenters. The summed E-state index contributed by atoms with van der Waals surface area (Å²) < 4.78 is 14.6. The molecule has 0 spiro atoms. The van der Waals surface area contributed by atoms with Crippen molar-refractivity contribution in [3.05, 3.63) is 29.6 Å². The lowest BCUT2D eigenvalue weighted by atomic mass is 10.1. The fraction of sp³-hybridized carbons (Fsp3) is 0.500. The van der Waals surface area contributed by atoms with Crippen molar-refractivity contribution in [2.45, 2.75) is 12.5 Å². The Kier molecular flexibility index (Phi) is 6.30. The number of nitrogens with one attached hydrogen (secondary N) is 2. The Morgan fingerprint density at radius 2 is 2.00 bits per heavy atom. The predicted octanol–water partition coefficient (Wildman–Crippen LogP) is -0.561. The fourth-order valence-electron chi connectivity index (χ4n) is 3.19. The average molecular weight is 392 g/mol. The second-order valence-electron chi connectivity index (χ2n) is 6.78. The number of nitrogens with zero attached hydrogens (tertiary/aromatic N) is 3. The summed E-state index contributed by atoms with van der Waals surface area (Å²) in [5.74, 6) is -1.35. The van der Waals surface area contributed by atoms with Crippen LogP contribution < -0.4 is 21.3 Å². The van der Waals surface area contributed by atoms with Crippen LogP contribution in [0.3, 0.4) is 0 Å². The number of halogens is 1. The Labute approximate surface area is 162 Å². The van der Waals surface area contributed by atoms with Crippen molar-refractivity contribution in [3.8, 4) is 0 Å². The molecule has 3 rings (SSSR count). The maximum Gasteiger partial charge on any atom is 0.322 e. The molecule has 0 radical (unpaired) electrons. The number of hydrogen-bond acceptors (Lipinski definition) is 7. The van der Waals surface area contributed by atoms with E-state index in [1.807, 2.05) is 4.90 Å². The summed E-state index contributed by atoms with van der Waals surface area (Å²) in [6, 6.07) is 3.07. The van der Waals surface area contributed by atoms with Crippen molar-refractivity contribution in [1.29, 1.82) is 0 Å². The zero-order valence-corrected chi connectivity index (χ0v) is 15.5. The van der Waals surface area contributed by atoms with Gasteiger partial charge < -0.3 is 31.3 Å². The molecule has 0 bridgehead atoms. The van der Waals surface area contributed by atoms with Crippen LogP contribution in [-0.4, -0.2) is 79.7 Å². The molecule has 1 aromatic carbocycles. The first-order valence-electron chi connectivity index (χ1n) is 9.30. The highest BCUT2D eigenvalue weighted by Gasteiger charge is 2.23. The van der Waals surface area contributed by atoms with Gasteiger partial charge in [-0.15, -0.1) is 0 Å². The standard InChI is InChI=1S/C18H25FN6O3/c19-13-10-12(16(26)23-11-14(20)17(27)28)2-3-15(13)24-6-8-25(9-7-24)18-21-4-1-5-22-18/h2-3,10,14H,1,4-9,11,20H2,(H,21,22)(H,23,26)(H,27,28)/t14-/m0/s1. The summed E-state index contributed by atoms with van der Waals surface area (Å²) in [6.45, 7) is 4.30. The lowest BCUT2D eigenvalue weighted by Crippen LogP contribution is -2.53. The number of carboxylic acids is 1. The molecule has 0 aliphatic carbocycles. The third-order valence-corrected chi connectivity index (χ3v) is 4.81.